The second-order valence-electron chi connectivity index (χ2n) is 4.57. The van der Waals surface area contributed by atoms with E-state index in [-0.39, 0.29) is 5.69 Å². The molecule has 21 heavy (non-hydrogen) atoms. The summed E-state index contributed by atoms with van der Waals surface area (Å²) < 4.78 is 27.0. The van der Waals surface area contributed by atoms with Crippen LogP contribution in [0.3, 0.4) is 0 Å². The molecule has 6 heteroatoms. The number of halogens is 2. The highest BCUT2D eigenvalue weighted by Gasteiger charge is 2.13. The minimum absolute atomic E-state index is 0.0568. The molecule has 2 N–H and O–H groups in total. The summed E-state index contributed by atoms with van der Waals surface area (Å²) in [6.45, 7) is 6.45. The lowest BCUT2D eigenvalue weighted by Gasteiger charge is -2.14. The fourth-order valence-electron chi connectivity index (χ4n) is 1.91. The minimum Gasteiger partial charge on any atom is -0.370 e. The van der Waals surface area contributed by atoms with Crippen molar-refractivity contribution in [2.24, 2.45) is 0 Å². The largest absolute Gasteiger partial charge is 0.370 e. The first-order valence-electron chi connectivity index (χ1n) is 6.89. The molecule has 0 spiro atoms. The number of hydrogen-bond acceptors (Lipinski definition) is 4. The van der Waals surface area contributed by atoms with Crippen LogP contribution in [0.15, 0.2) is 18.2 Å². The highest BCUT2D eigenvalue weighted by Crippen LogP contribution is 2.26. The topological polar surface area (TPSA) is 49.8 Å². The molecule has 0 radical (unpaired) electrons. The third kappa shape index (κ3) is 3.26. The molecule has 0 amide bonds. The zero-order chi connectivity index (χ0) is 15.4. The van der Waals surface area contributed by atoms with Gasteiger partial charge in [0.15, 0.2) is 11.6 Å². The summed E-state index contributed by atoms with van der Waals surface area (Å²) in [5.74, 6) is -0.00489. The van der Waals surface area contributed by atoms with Crippen LogP contribution < -0.4 is 10.6 Å². The van der Waals surface area contributed by atoms with Crippen molar-refractivity contribution in [1.29, 1.82) is 0 Å². The lowest BCUT2D eigenvalue weighted by molar-refractivity contribution is 0.511. The molecule has 0 atom stereocenters. The molecule has 0 bridgehead atoms. The molecule has 0 aliphatic rings. The van der Waals surface area contributed by atoms with E-state index in [0.717, 1.165) is 18.2 Å². The number of hydrogen-bond donors (Lipinski definition) is 2. The Morgan fingerprint density at radius 3 is 2.48 bits per heavy atom. The Morgan fingerprint density at radius 2 is 1.81 bits per heavy atom. The van der Waals surface area contributed by atoms with Crippen molar-refractivity contribution >= 4 is 17.3 Å². The Bertz CT molecular complexity index is 644. The maximum atomic E-state index is 13.8. The molecular weight excluding hydrogens is 274 g/mol. The molecule has 0 aliphatic heterocycles. The second kappa shape index (κ2) is 6.47. The lowest BCUT2D eigenvalue weighted by atomic mass is 10.2. The molecule has 1 aromatic carbocycles. The summed E-state index contributed by atoms with van der Waals surface area (Å²) in [5, 5.41) is 5.99. The number of nitrogens with zero attached hydrogens (tertiary/aromatic N) is 2. The average Bonchev–Trinajstić information content (AvgIpc) is 2.48. The van der Waals surface area contributed by atoms with Crippen molar-refractivity contribution in [3.63, 3.8) is 0 Å². The van der Waals surface area contributed by atoms with Crippen LogP contribution in [0.1, 0.15) is 25.2 Å². The Balaban J connectivity index is 2.43. The number of aromatic nitrogens is 2. The predicted octanol–water partition coefficient (Wildman–Crippen LogP) is 3.80. The molecule has 0 aliphatic carbocycles. The quantitative estimate of drug-likeness (QED) is 0.880. The van der Waals surface area contributed by atoms with Crippen molar-refractivity contribution < 1.29 is 8.78 Å². The van der Waals surface area contributed by atoms with Crippen LogP contribution in [0.4, 0.5) is 26.1 Å². The third-order valence-electron chi connectivity index (χ3n) is 3.06. The van der Waals surface area contributed by atoms with Crippen LogP contribution in [0, 0.1) is 18.6 Å². The molecule has 0 saturated heterocycles. The number of rotatable bonds is 5. The fraction of sp³-hybridized carbons (Fsp3) is 0.333. The van der Waals surface area contributed by atoms with Gasteiger partial charge < -0.3 is 10.6 Å². The first kappa shape index (κ1) is 15.2. The van der Waals surface area contributed by atoms with E-state index in [1.54, 1.807) is 0 Å². The lowest BCUT2D eigenvalue weighted by Crippen LogP contribution is -2.09. The maximum absolute atomic E-state index is 13.8. The van der Waals surface area contributed by atoms with E-state index >= 15 is 0 Å². The molecule has 0 unspecified atom stereocenters. The summed E-state index contributed by atoms with van der Waals surface area (Å²) in [6, 6.07) is 4.00. The number of aryl methyl sites for hydroxylation is 1. The molecule has 112 valence electrons. The van der Waals surface area contributed by atoms with Gasteiger partial charge in [0, 0.05) is 18.5 Å². The molecule has 0 saturated carbocycles. The molecular formula is C15H18F2N4. The number of anilines is 3. The van der Waals surface area contributed by atoms with E-state index in [9.17, 15) is 8.78 Å². The SMILES string of the molecule is CCNc1nc(CC)nc(Nc2cccc(F)c2F)c1C. The Hall–Kier alpha value is -2.24. The van der Waals surface area contributed by atoms with Gasteiger partial charge >= 0.3 is 0 Å². The summed E-state index contributed by atoms with van der Waals surface area (Å²) in [4.78, 5) is 8.74. The van der Waals surface area contributed by atoms with E-state index in [4.69, 9.17) is 0 Å². The zero-order valence-electron chi connectivity index (χ0n) is 12.3. The highest BCUT2D eigenvalue weighted by atomic mass is 19.2. The van der Waals surface area contributed by atoms with Crippen molar-refractivity contribution in [3.8, 4) is 0 Å². The maximum Gasteiger partial charge on any atom is 0.182 e. The number of benzene rings is 1. The van der Waals surface area contributed by atoms with Crippen LogP contribution in [0.5, 0.6) is 0 Å². The fourth-order valence-corrected chi connectivity index (χ4v) is 1.91. The van der Waals surface area contributed by atoms with E-state index in [2.05, 4.69) is 20.6 Å². The Labute approximate surface area is 122 Å². The molecule has 2 rings (SSSR count). The second-order valence-corrected chi connectivity index (χ2v) is 4.57. The van der Waals surface area contributed by atoms with E-state index < -0.39 is 11.6 Å². The van der Waals surface area contributed by atoms with Crippen LogP contribution >= 0.6 is 0 Å². The number of nitrogens with one attached hydrogen (secondary N) is 2. The summed E-state index contributed by atoms with van der Waals surface area (Å²) in [6.07, 6.45) is 0.652. The van der Waals surface area contributed by atoms with E-state index in [0.29, 0.717) is 23.9 Å². The van der Waals surface area contributed by atoms with Gasteiger partial charge in [-0.2, -0.15) is 0 Å². The third-order valence-corrected chi connectivity index (χ3v) is 3.06. The average molecular weight is 292 g/mol. The highest BCUT2D eigenvalue weighted by molar-refractivity contribution is 5.65. The van der Waals surface area contributed by atoms with Crippen molar-refractivity contribution in [1.82, 2.24) is 9.97 Å². The van der Waals surface area contributed by atoms with Gasteiger partial charge in [0.2, 0.25) is 0 Å². The van der Waals surface area contributed by atoms with Gasteiger partial charge in [-0.1, -0.05) is 13.0 Å². The van der Waals surface area contributed by atoms with Gasteiger partial charge in [0.05, 0.1) is 5.69 Å². The normalized spacial score (nSPS) is 10.5. The van der Waals surface area contributed by atoms with E-state index in [1.807, 2.05) is 20.8 Å². The first-order chi connectivity index (χ1) is 10.1. The van der Waals surface area contributed by atoms with Crippen molar-refractivity contribution in [3.05, 3.63) is 41.2 Å². The molecule has 0 fully saturated rings. The van der Waals surface area contributed by atoms with Crippen LogP contribution in [-0.4, -0.2) is 16.5 Å². The summed E-state index contributed by atoms with van der Waals surface area (Å²) in [7, 11) is 0. The van der Waals surface area contributed by atoms with Gasteiger partial charge in [-0.3, -0.25) is 0 Å². The standard InChI is InChI=1S/C15H18F2N4/c1-4-12-20-14(18-5-2)9(3)15(21-12)19-11-8-6-7-10(16)13(11)17/h6-8H,4-5H2,1-3H3,(H2,18,19,20,21). The smallest absolute Gasteiger partial charge is 0.182 e. The van der Waals surface area contributed by atoms with Gasteiger partial charge in [-0.15, -0.1) is 0 Å². The van der Waals surface area contributed by atoms with Crippen LogP contribution in [0.2, 0.25) is 0 Å². The minimum atomic E-state index is -0.918. The summed E-state index contributed by atoms with van der Waals surface area (Å²) >= 11 is 0. The monoisotopic (exact) mass is 292 g/mol. The van der Waals surface area contributed by atoms with Gasteiger partial charge in [0.1, 0.15) is 17.5 Å². The van der Waals surface area contributed by atoms with Gasteiger partial charge in [-0.25, -0.2) is 18.7 Å². The molecule has 2 aromatic rings. The first-order valence-corrected chi connectivity index (χ1v) is 6.89. The Morgan fingerprint density at radius 1 is 1.10 bits per heavy atom. The predicted molar refractivity (Wildman–Crippen MR) is 80.0 cm³/mol. The molecule has 1 aromatic heterocycles. The van der Waals surface area contributed by atoms with Crippen molar-refractivity contribution in [2.75, 3.05) is 17.2 Å². The van der Waals surface area contributed by atoms with Gasteiger partial charge in [0.25, 0.3) is 0 Å². The van der Waals surface area contributed by atoms with Crippen LogP contribution in [-0.2, 0) is 6.42 Å². The molecule has 4 nitrogen and oxygen atoms in total. The van der Waals surface area contributed by atoms with Crippen molar-refractivity contribution in [2.45, 2.75) is 27.2 Å². The van der Waals surface area contributed by atoms with Crippen LogP contribution in [0.25, 0.3) is 0 Å². The Kier molecular flexibility index (Phi) is 4.67. The zero-order valence-corrected chi connectivity index (χ0v) is 12.3. The van der Waals surface area contributed by atoms with Gasteiger partial charge in [-0.05, 0) is 26.0 Å². The van der Waals surface area contributed by atoms with E-state index in [1.165, 1.54) is 12.1 Å². The molecule has 1 heterocycles. The summed E-state index contributed by atoms with van der Waals surface area (Å²) in [5.41, 5.74) is 0.819.